The van der Waals surface area contributed by atoms with Crippen molar-refractivity contribution in [3.8, 4) is 11.5 Å². The van der Waals surface area contributed by atoms with Gasteiger partial charge in [0.2, 0.25) is 0 Å². The summed E-state index contributed by atoms with van der Waals surface area (Å²) in [5, 5.41) is 0. The lowest BCUT2D eigenvalue weighted by Gasteiger charge is -2.17. The van der Waals surface area contributed by atoms with Crippen LogP contribution in [0.25, 0.3) is 0 Å². The normalized spacial score (nSPS) is 10.9. The Labute approximate surface area is 172 Å². The van der Waals surface area contributed by atoms with E-state index in [0.29, 0.717) is 6.61 Å². The minimum absolute atomic E-state index is 0.669. The average Bonchev–Trinajstić information content (AvgIpc) is 2.73. The Kier molecular flexibility index (Phi) is 12.5. The van der Waals surface area contributed by atoms with E-state index in [2.05, 4.69) is 6.92 Å². The number of para-hydroxylation sites is 2. The molecule has 0 aliphatic rings. The van der Waals surface area contributed by atoms with E-state index >= 15 is 0 Å². The number of hydrogen-bond donors (Lipinski definition) is 0. The molecule has 2 rings (SSSR count). The molecule has 0 fully saturated rings. The third kappa shape index (κ3) is 10.7. The fourth-order valence-electron chi connectivity index (χ4n) is 2.93. The van der Waals surface area contributed by atoms with Crippen molar-refractivity contribution in [2.75, 3.05) is 6.61 Å². The summed E-state index contributed by atoms with van der Waals surface area (Å²) in [4.78, 5) is 0. The maximum Gasteiger partial charge on any atom is 0.463 e. The molecule has 0 saturated carbocycles. The van der Waals surface area contributed by atoms with Crippen LogP contribution in [0, 0.1) is 0 Å². The summed E-state index contributed by atoms with van der Waals surface area (Å²) in [6.07, 6.45) is 13.1. The molecule has 0 bridgehead atoms. The Morgan fingerprint density at radius 3 is 1.46 bits per heavy atom. The SMILES string of the molecule is CCCCCCCCCCCCOP(Oc1ccccc1)Oc1ccccc1. The first kappa shape index (κ1) is 22.7. The van der Waals surface area contributed by atoms with Gasteiger partial charge in [0.05, 0.1) is 6.61 Å². The second-order valence-corrected chi connectivity index (χ2v) is 8.12. The quantitative estimate of drug-likeness (QED) is 0.209. The monoisotopic (exact) mass is 402 g/mol. The largest absolute Gasteiger partial charge is 0.463 e. The fourth-order valence-corrected chi connectivity index (χ4v) is 3.94. The lowest BCUT2D eigenvalue weighted by Crippen LogP contribution is -2.01. The highest BCUT2D eigenvalue weighted by Gasteiger charge is 2.16. The van der Waals surface area contributed by atoms with Crippen molar-refractivity contribution in [1.82, 2.24) is 0 Å². The molecule has 0 aliphatic heterocycles. The van der Waals surface area contributed by atoms with E-state index in [1.165, 1.54) is 57.8 Å². The summed E-state index contributed by atoms with van der Waals surface area (Å²) in [7, 11) is -1.45. The molecule has 0 saturated heterocycles. The second kappa shape index (κ2) is 15.4. The van der Waals surface area contributed by atoms with Gasteiger partial charge in [-0.1, -0.05) is 101 Å². The summed E-state index contributed by atoms with van der Waals surface area (Å²) in [5.74, 6) is 1.54. The molecule has 4 heteroatoms. The van der Waals surface area contributed by atoms with Crippen LogP contribution in [0.5, 0.6) is 11.5 Å². The summed E-state index contributed by atoms with van der Waals surface area (Å²) in [6, 6.07) is 19.4. The van der Waals surface area contributed by atoms with Crippen LogP contribution in [0.2, 0.25) is 0 Å². The van der Waals surface area contributed by atoms with Gasteiger partial charge >= 0.3 is 8.60 Å². The van der Waals surface area contributed by atoms with Crippen molar-refractivity contribution in [3.05, 3.63) is 60.7 Å². The predicted octanol–water partition coefficient (Wildman–Crippen LogP) is 8.31. The zero-order valence-corrected chi connectivity index (χ0v) is 18.1. The Hall–Kier alpha value is -1.57. The lowest BCUT2D eigenvalue weighted by atomic mass is 10.1. The van der Waals surface area contributed by atoms with Crippen LogP contribution in [-0.4, -0.2) is 6.61 Å². The van der Waals surface area contributed by atoms with Crippen LogP contribution in [0.1, 0.15) is 71.1 Å². The molecular weight excluding hydrogens is 367 g/mol. The van der Waals surface area contributed by atoms with Crippen LogP contribution in [0.4, 0.5) is 0 Å². The molecule has 2 aromatic rings. The lowest BCUT2D eigenvalue weighted by molar-refractivity contribution is 0.258. The van der Waals surface area contributed by atoms with Gasteiger partial charge in [-0.25, -0.2) is 0 Å². The molecular formula is C24H35O3P. The number of unbranched alkanes of at least 4 members (excludes halogenated alkanes) is 9. The summed E-state index contributed by atoms with van der Waals surface area (Å²) >= 11 is 0. The number of hydrogen-bond acceptors (Lipinski definition) is 3. The Morgan fingerprint density at radius 1 is 0.571 bits per heavy atom. The predicted molar refractivity (Wildman–Crippen MR) is 119 cm³/mol. The van der Waals surface area contributed by atoms with Crippen molar-refractivity contribution in [2.45, 2.75) is 71.1 Å². The number of benzene rings is 2. The van der Waals surface area contributed by atoms with E-state index < -0.39 is 8.60 Å². The van der Waals surface area contributed by atoms with Gasteiger partial charge in [-0.05, 0) is 30.7 Å². The summed E-state index contributed by atoms with van der Waals surface area (Å²) in [6.45, 7) is 2.94. The van der Waals surface area contributed by atoms with Gasteiger partial charge in [0.25, 0.3) is 0 Å². The first-order chi connectivity index (χ1) is 13.9. The molecule has 0 aliphatic carbocycles. The molecule has 0 atom stereocenters. The van der Waals surface area contributed by atoms with Gasteiger partial charge in [-0.15, -0.1) is 0 Å². The maximum absolute atomic E-state index is 5.94. The zero-order valence-electron chi connectivity index (χ0n) is 17.2. The smallest absolute Gasteiger partial charge is 0.418 e. The van der Waals surface area contributed by atoms with E-state index in [9.17, 15) is 0 Å². The van der Waals surface area contributed by atoms with Crippen molar-refractivity contribution in [3.63, 3.8) is 0 Å². The van der Waals surface area contributed by atoms with E-state index in [1.807, 2.05) is 60.7 Å². The summed E-state index contributed by atoms with van der Waals surface area (Å²) in [5.41, 5.74) is 0. The highest BCUT2D eigenvalue weighted by molar-refractivity contribution is 7.42. The number of rotatable bonds is 16. The van der Waals surface area contributed by atoms with Gasteiger partial charge in [0, 0.05) is 0 Å². The van der Waals surface area contributed by atoms with Crippen molar-refractivity contribution < 1.29 is 13.6 Å². The Balaban J connectivity index is 1.62. The molecule has 0 heterocycles. The third-order valence-electron chi connectivity index (χ3n) is 4.54. The van der Waals surface area contributed by atoms with E-state index in [-0.39, 0.29) is 0 Å². The third-order valence-corrected chi connectivity index (χ3v) is 5.65. The molecule has 0 spiro atoms. The first-order valence-electron chi connectivity index (χ1n) is 10.8. The van der Waals surface area contributed by atoms with Crippen LogP contribution in [0.3, 0.4) is 0 Å². The van der Waals surface area contributed by atoms with Crippen molar-refractivity contribution in [2.24, 2.45) is 0 Å². The minimum atomic E-state index is -1.45. The van der Waals surface area contributed by atoms with Crippen LogP contribution in [-0.2, 0) is 4.52 Å². The minimum Gasteiger partial charge on any atom is -0.418 e. The maximum atomic E-state index is 5.94. The van der Waals surface area contributed by atoms with Crippen LogP contribution in [0.15, 0.2) is 60.7 Å². The zero-order chi connectivity index (χ0) is 19.7. The van der Waals surface area contributed by atoms with Crippen molar-refractivity contribution in [1.29, 1.82) is 0 Å². The molecule has 28 heavy (non-hydrogen) atoms. The molecule has 3 nitrogen and oxygen atoms in total. The molecule has 2 aromatic carbocycles. The summed E-state index contributed by atoms with van der Waals surface area (Å²) < 4.78 is 17.8. The second-order valence-electron chi connectivity index (χ2n) is 7.05. The molecule has 154 valence electrons. The first-order valence-corrected chi connectivity index (χ1v) is 11.9. The highest BCUT2D eigenvalue weighted by atomic mass is 31.2. The average molecular weight is 403 g/mol. The van der Waals surface area contributed by atoms with Gasteiger partial charge in [-0.2, -0.15) is 0 Å². The highest BCUT2D eigenvalue weighted by Crippen LogP contribution is 2.41. The van der Waals surface area contributed by atoms with Gasteiger partial charge in [0.1, 0.15) is 11.5 Å². The molecule has 0 radical (unpaired) electrons. The molecule has 0 aromatic heterocycles. The van der Waals surface area contributed by atoms with E-state index in [1.54, 1.807) is 0 Å². The Bertz CT molecular complexity index is 550. The van der Waals surface area contributed by atoms with Crippen LogP contribution < -0.4 is 9.05 Å². The van der Waals surface area contributed by atoms with Gasteiger partial charge in [0.15, 0.2) is 0 Å². The van der Waals surface area contributed by atoms with Gasteiger partial charge < -0.3 is 9.05 Å². The molecule has 0 amide bonds. The van der Waals surface area contributed by atoms with E-state index in [0.717, 1.165) is 17.9 Å². The Morgan fingerprint density at radius 2 is 1.00 bits per heavy atom. The van der Waals surface area contributed by atoms with E-state index in [4.69, 9.17) is 13.6 Å². The van der Waals surface area contributed by atoms with Crippen LogP contribution >= 0.6 is 8.60 Å². The van der Waals surface area contributed by atoms with Crippen molar-refractivity contribution >= 4 is 8.60 Å². The fraction of sp³-hybridized carbons (Fsp3) is 0.500. The molecule has 0 N–H and O–H groups in total. The standard InChI is InChI=1S/C24H35O3P/c1-2-3-4-5-6-7-8-9-10-17-22-25-28(26-23-18-13-11-14-19-23)27-24-20-15-12-16-21-24/h11-16,18-21H,2-10,17,22H2,1H3. The van der Waals surface area contributed by atoms with Gasteiger partial charge in [-0.3, -0.25) is 4.52 Å². The topological polar surface area (TPSA) is 27.7 Å². The molecule has 0 unspecified atom stereocenters.